The molecule has 0 aliphatic heterocycles. The maximum absolute atomic E-state index is 10.9. The molecule has 0 aliphatic rings. The van der Waals surface area contributed by atoms with Crippen molar-refractivity contribution < 1.29 is 9.90 Å². The molecule has 1 radical (unpaired) electrons. The number of hydrogen-bond acceptors (Lipinski definition) is 2. The summed E-state index contributed by atoms with van der Waals surface area (Å²) in [5, 5.41) is 9.89. The number of rotatable bonds is 4. The Bertz CT molecular complexity index is 549. The van der Waals surface area contributed by atoms with Gasteiger partial charge in [-0.05, 0) is 38.4 Å². The summed E-state index contributed by atoms with van der Waals surface area (Å²) in [6.07, 6.45) is 2.00. The molecule has 0 atom stereocenters. The Labute approximate surface area is 118 Å². The van der Waals surface area contributed by atoms with E-state index in [1.807, 2.05) is 32.4 Å². The zero-order valence-electron chi connectivity index (χ0n) is 11.1. The fourth-order valence-corrected chi connectivity index (χ4v) is 1.84. The van der Waals surface area contributed by atoms with Crippen molar-refractivity contribution in [3.05, 3.63) is 36.0 Å². The van der Waals surface area contributed by atoms with Crippen molar-refractivity contribution in [2.45, 2.75) is 6.54 Å². The Kier molecular flexibility index (Phi) is 5.03. The van der Waals surface area contributed by atoms with Gasteiger partial charge in [-0.2, -0.15) is 0 Å². The molecule has 18 heavy (non-hydrogen) atoms. The Hall–Kier alpha value is -1.21. The van der Waals surface area contributed by atoms with E-state index in [1.54, 1.807) is 12.1 Å². The van der Waals surface area contributed by atoms with Gasteiger partial charge in [0.05, 0.1) is 5.56 Å². The number of likely N-dealkylation sites (N-methyl/N-ethyl adjacent to an activating group) is 1. The average Bonchev–Trinajstić information content (AvgIpc) is 2.68. The summed E-state index contributed by atoms with van der Waals surface area (Å²) in [7, 11) is 4.07. The van der Waals surface area contributed by atoms with Crippen LogP contribution in [0.3, 0.4) is 0 Å². The summed E-state index contributed by atoms with van der Waals surface area (Å²) < 4.78 is 2.14. The van der Waals surface area contributed by atoms with E-state index in [1.165, 1.54) is 0 Å². The van der Waals surface area contributed by atoms with Crippen molar-refractivity contribution in [1.29, 1.82) is 0 Å². The fraction of sp³-hybridized carbons (Fsp3) is 0.308. The first-order valence-electron chi connectivity index (χ1n) is 5.55. The monoisotopic (exact) mass is 239 g/mol. The van der Waals surface area contributed by atoms with E-state index in [0.29, 0.717) is 5.56 Å². The number of aromatic nitrogens is 1. The molecule has 0 amide bonds. The Balaban J connectivity index is 0.00000162. The molecule has 0 unspecified atom stereocenters. The summed E-state index contributed by atoms with van der Waals surface area (Å²) in [5.41, 5.74) is 1.42. The number of benzene rings is 1. The van der Waals surface area contributed by atoms with E-state index in [9.17, 15) is 4.79 Å². The second kappa shape index (κ2) is 6.10. The molecule has 0 spiro atoms. The first-order chi connectivity index (χ1) is 8.08. The van der Waals surface area contributed by atoms with Crippen molar-refractivity contribution in [3.8, 4) is 0 Å². The molecule has 2 rings (SSSR count). The van der Waals surface area contributed by atoms with Crippen LogP contribution in [0, 0.1) is 0 Å². The van der Waals surface area contributed by atoms with Crippen LogP contribution in [-0.4, -0.2) is 60.0 Å². The maximum atomic E-state index is 10.9. The zero-order valence-corrected chi connectivity index (χ0v) is 11.1. The van der Waals surface area contributed by atoms with Gasteiger partial charge in [0.25, 0.3) is 0 Å². The van der Waals surface area contributed by atoms with Crippen LogP contribution >= 0.6 is 0 Å². The molecule has 4 nitrogen and oxygen atoms in total. The van der Waals surface area contributed by atoms with E-state index in [0.717, 1.165) is 24.0 Å². The smallest absolute Gasteiger partial charge is 0.335 e. The number of carboxylic acid groups (broad SMARTS) is 1. The van der Waals surface area contributed by atoms with Crippen LogP contribution in [0.25, 0.3) is 10.9 Å². The van der Waals surface area contributed by atoms with Gasteiger partial charge in [-0.3, -0.25) is 0 Å². The molecule has 5 heteroatoms. The quantitative estimate of drug-likeness (QED) is 0.823. The van der Waals surface area contributed by atoms with Gasteiger partial charge < -0.3 is 14.6 Å². The molecule has 1 N–H and O–H groups in total. The molecule has 1 heterocycles. The van der Waals surface area contributed by atoms with Gasteiger partial charge >= 0.3 is 5.97 Å². The summed E-state index contributed by atoms with van der Waals surface area (Å²) >= 11 is 0. The molecular formula is C13H16LiN2O2. The normalized spacial score (nSPS) is 10.6. The molecule has 91 valence electrons. The molecule has 1 aromatic heterocycles. The van der Waals surface area contributed by atoms with Crippen LogP contribution in [0.5, 0.6) is 0 Å². The van der Waals surface area contributed by atoms with E-state index >= 15 is 0 Å². The van der Waals surface area contributed by atoms with Crippen molar-refractivity contribution in [1.82, 2.24) is 9.47 Å². The molecule has 1 aromatic carbocycles. The van der Waals surface area contributed by atoms with Gasteiger partial charge in [-0.15, -0.1) is 0 Å². The first kappa shape index (κ1) is 14.8. The van der Waals surface area contributed by atoms with Crippen molar-refractivity contribution in [3.63, 3.8) is 0 Å². The van der Waals surface area contributed by atoms with Crippen molar-refractivity contribution in [2.24, 2.45) is 0 Å². The largest absolute Gasteiger partial charge is 0.478 e. The van der Waals surface area contributed by atoms with Crippen LogP contribution in [0.4, 0.5) is 0 Å². The van der Waals surface area contributed by atoms with Gasteiger partial charge in [0.1, 0.15) is 0 Å². The molecule has 0 saturated carbocycles. The second-order valence-corrected chi connectivity index (χ2v) is 4.39. The Morgan fingerprint density at radius 2 is 2.06 bits per heavy atom. The van der Waals surface area contributed by atoms with E-state index in [2.05, 4.69) is 9.47 Å². The average molecular weight is 239 g/mol. The van der Waals surface area contributed by atoms with Gasteiger partial charge in [-0.1, -0.05) is 0 Å². The fourth-order valence-electron chi connectivity index (χ4n) is 1.84. The number of carboxylic acids is 1. The minimum absolute atomic E-state index is 0. The third kappa shape index (κ3) is 3.17. The van der Waals surface area contributed by atoms with Gasteiger partial charge in [0.2, 0.25) is 0 Å². The van der Waals surface area contributed by atoms with E-state index in [4.69, 9.17) is 5.11 Å². The number of hydrogen-bond donors (Lipinski definition) is 1. The van der Waals surface area contributed by atoms with Gasteiger partial charge in [0.15, 0.2) is 0 Å². The molecule has 0 bridgehead atoms. The SMILES string of the molecule is CN(C)CCn1ccc2cc(C(=O)O)ccc21.[Li]. The van der Waals surface area contributed by atoms with Crippen LogP contribution in [0.1, 0.15) is 10.4 Å². The third-order valence-corrected chi connectivity index (χ3v) is 2.81. The first-order valence-corrected chi connectivity index (χ1v) is 5.55. The van der Waals surface area contributed by atoms with Crippen LogP contribution in [0.2, 0.25) is 0 Å². The van der Waals surface area contributed by atoms with Gasteiger partial charge in [0, 0.05) is 49.0 Å². The summed E-state index contributed by atoms with van der Waals surface area (Å²) in [6.45, 7) is 1.87. The number of aromatic carboxylic acids is 1. The summed E-state index contributed by atoms with van der Waals surface area (Å²) in [6, 6.07) is 7.19. The summed E-state index contributed by atoms with van der Waals surface area (Å²) in [4.78, 5) is 13.0. The molecule has 0 fully saturated rings. The molecular weight excluding hydrogens is 223 g/mol. The van der Waals surface area contributed by atoms with Crippen molar-refractivity contribution in [2.75, 3.05) is 20.6 Å². The topological polar surface area (TPSA) is 45.5 Å². The van der Waals surface area contributed by atoms with Gasteiger partial charge in [-0.25, -0.2) is 4.79 Å². The number of nitrogens with zero attached hydrogens (tertiary/aromatic N) is 2. The molecule has 2 aromatic rings. The minimum Gasteiger partial charge on any atom is -0.478 e. The van der Waals surface area contributed by atoms with Crippen LogP contribution < -0.4 is 0 Å². The zero-order chi connectivity index (χ0) is 12.4. The number of fused-ring (bicyclic) bond motifs is 1. The van der Waals surface area contributed by atoms with E-state index in [-0.39, 0.29) is 18.9 Å². The number of carbonyl (C=O) groups is 1. The Morgan fingerprint density at radius 1 is 1.33 bits per heavy atom. The van der Waals surface area contributed by atoms with Crippen LogP contribution in [0.15, 0.2) is 30.5 Å². The van der Waals surface area contributed by atoms with Crippen molar-refractivity contribution >= 4 is 35.7 Å². The summed E-state index contributed by atoms with van der Waals surface area (Å²) in [5.74, 6) is -0.882. The minimum atomic E-state index is -0.882. The Morgan fingerprint density at radius 3 is 2.67 bits per heavy atom. The molecule has 0 saturated heterocycles. The molecule has 0 aliphatic carbocycles. The predicted molar refractivity (Wildman–Crippen MR) is 73.2 cm³/mol. The van der Waals surface area contributed by atoms with E-state index < -0.39 is 5.97 Å². The maximum Gasteiger partial charge on any atom is 0.335 e. The third-order valence-electron chi connectivity index (χ3n) is 2.81. The predicted octanol–water partition coefficient (Wildman–Crippen LogP) is 1.52. The standard InChI is InChI=1S/C13H16N2O2.Li/c1-14(2)7-8-15-6-5-10-9-11(13(16)17)3-4-12(10)15;/h3-6,9H,7-8H2,1-2H3,(H,16,17);. The van der Waals surface area contributed by atoms with Crippen LogP contribution in [-0.2, 0) is 6.54 Å². The second-order valence-electron chi connectivity index (χ2n) is 4.39.